The van der Waals surface area contributed by atoms with Crippen molar-refractivity contribution in [1.29, 1.82) is 0 Å². The van der Waals surface area contributed by atoms with Gasteiger partial charge in [0.1, 0.15) is 5.76 Å². The average molecular weight is 260 g/mol. The highest BCUT2D eigenvalue weighted by Gasteiger charge is 2.52. The summed E-state index contributed by atoms with van der Waals surface area (Å²) in [4.78, 5) is 2.77. The molecule has 2 saturated heterocycles. The average Bonchev–Trinajstić information content (AvgIpc) is 3.06. The van der Waals surface area contributed by atoms with Gasteiger partial charge in [-0.1, -0.05) is 0 Å². The van der Waals surface area contributed by atoms with Gasteiger partial charge in [0.2, 0.25) is 0 Å². The zero-order chi connectivity index (χ0) is 13.0. The number of furan rings is 1. The lowest BCUT2D eigenvalue weighted by Crippen LogP contribution is -2.46. The first-order chi connectivity index (χ1) is 9.18. The van der Waals surface area contributed by atoms with E-state index in [0.29, 0.717) is 11.6 Å². The van der Waals surface area contributed by atoms with Gasteiger partial charge < -0.3 is 9.73 Å². The van der Waals surface area contributed by atoms with Crippen molar-refractivity contribution in [2.45, 2.75) is 44.7 Å². The number of hydrogen-bond acceptors (Lipinski definition) is 3. The molecule has 1 aliphatic carbocycles. The Hall–Kier alpha value is -0.800. The summed E-state index contributed by atoms with van der Waals surface area (Å²) in [5.74, 6) is 2.89. The van der Waals surface area contributed by atoms with Crippen molar-refractivity contribution in [3.8, 4) is 0 Å². The van der Waals surface area contributed by atoms with Gasteiger partial charge in [0.25, 0.3) is 0 Å². The lowest BCUT2D eigenvalue weighted by atomic mass is 9.83. The zero-order valence-corrected chi connectivity index (χ0v) is 12.0. The quantitative estimate of drug-likeness (QED) is 0.841. The molecule has 3 heterocycles. The molecule has 1 N–H and O–H groups in total. The minimum absolute atomic E-state index is 0.310. The standard InChI is InChI=1S/C16H24N2O/c1-16(2)13-9-17-8-11(13)10-18(16)14-4-3-5-15-12(14)6-7-19-15/h6-7,11,13-14,17H,3-5,8-10H2,1-2H3. The highest BCUT2D eigenvalue weighted by molar-refractivity contribution is 5.26. The van der Waals surface area contributed by atoms with Gasteiger partial charge in [0.05, 0.1) is 6.26 Å². The molecule has 3 unspecified atom stereocenters. The summed E-state index contributed by atoms with van der Waals surface area (Å²) < 4.78 is 5.67. The van der Waals surface area contributed by atoms with Crippen LogP contribution in [0.1, 0.15) is 44.1 Å². The van der Waals surface area contributed by atoms with E-state index < -0.39 is 0 Å². The van der Waals surface area contributed by atoms with Crippen LogP contribution in [0.5, 0.6) is 0 Å². The van der Waals surface area contributed by atoms with E-state index in [4.69, 9.17) is 4.42 Å². The number of rotatable bonds is 1. The summed E-state index contributed by atoms with van der Waals surface area (Å²) in [7, 11) is 0. The summed E-state index contributed by atoms with van der Waals surface area (Å²) >= 11 is 0. The number of fused-ring (bicyclic) bond motifs is 2. The number of aryl methyl sites for hydroxylation is 1. The minimum Gasteiger partial charge on any atom is -0.469 e. The maximum atomic E-state index is 5.67. The van der Waals surface area contributed by atoms with Crippen LogP contribution in [0.4, 0.5) is 0 Å². The van der Waals surface area contributed by atoms with E-state index in [-0.39, 0.29) is 0 Å². The van der Waals surface area contributed by atoms with Gasteiger partial charge in [-0.3, -0.25) is 4.90 Å². The number of hydrogen-bond donors (Lipinski definition) is 1. The predicted molar refractivity (Wildman–Crippen MR) is 75.0 cm³/mol. The normalized spacial score (nSPS) is 37.3. The third-order valence-corrected chi connectivity index (χ3v) is 5.82. The Morgan fingerprint density at radius 1 is 1.37 bits per heavy atom. The van der Waals surface area contributed by atoms with Crippen LogP contribution >= 0.6 is 0 Å². The van der Waals surface area contributed by atoms with E-state index in [9.17, 15) is 0 Å². The fourth-order valence-corrected chi connectivity index (χ4v) is 4.77. The van der Waals surface area contributed by atoms with Crippen molar-refractivity contribution < 1.29 is 4.42 Å². The van der Waals surface area contributed by atoms with Crippen molar-refractivity contribution in [2.75, 3.05) is 19.6 Å². The van der Waals surface area contributed by atoms with Crippen molar-refractivity contribution >= 4 is 0 Å². The second-order valence-corrected chi connectivity index (χ2v) is 7.04. The van der Waals surface area contributed by atoms with Crippen LogP contribution in [0.25, 0.3) is 0 Å². The lowest BCUT2D eigenvalue weighted by molar-refractivity contribution is 0.0774. The second kappa shape index (κ2) is 4.10. The number of nitrogens with one attached hydrogen (secondary N) is 1. The summed E-state index contributed by atoms with van der Waals surface area (Å²) in [5.41, 5.74) is 1.78. The van der Waals surface area contributed by atoms with Gasteiger partial charge in [-0.2, -0.15) is 0 Å². The Bertz CT molecular complexity index is 479. The van der Waals surface area contributed by atoms with Crippen LogP contribution in [-0.4, -0.2) is 30.1 Å². The first kappa shape index (κ1) is 12.0. The molecule has 4 rings (SSSR count). The smallest absolute Gasteiger partial charge is 0.108 e. The van der Waals surface area contributed by atoms with Crippen LogP contribution in [0.2, 0.25) is 0 Å². The fraction of sp³-hybridized carbons (Fsp3) is 0.750. The molecule has 3 nitrogen and oxygen atoms in total. The topological polar surface area (TPSA) is 28.4 Å². The Kier molecular flexibility index (Phi) is 2.58. The molecule has 2 aliphatic heterocycles. The molecule has 2 fully saturated rings. The summed E-state index contributed by atoms with van der Waals surface area (Å²) in [6.07, 6.45) is 5.57. The highest BCUT2D eigenvalue weighted by Crippen LogP contribution is 2.48. The van der Waals surface area contributed by atoms with E-state index >= 15 is 0 Å². The third kappa shape index (κ3) is 1.64. The van der Waals surface area contributed by atoms with Crippen LogP contribution in [0.3, 0.4) is 0 Å². The van der Waals surface area contributed by atoms with Crippen molar-refractivity contribution in [2.24, 2.45) is 11.8 Å². The Morgan fingerprint density at radius 3 is 3.11 bits per heavy atom. The highest BCUT2D eigenvalue weighted by atomic mass is 16.3. The molecule has 0 saturated carbocycles. The zero-order valence-electron chi connectivity index (χ0n) is 12.0. The molecule has 0 amide bonds. The predicted octanol–water partition coefficient (Wildman–Crippen LogP) is 2.59. The Balaban J connectivity index is 1.68. The van der Waals surface area contributed by atoms with Crippen LogP contribution in [-0.2, 0) is 6.42 Å². The SMILES string of the molecule is CC1(C)C2CNCC2CN1C1CCCc2occc21. The van der Waals surface area contributed by atoms with Gasteiger partial charge in [-0.05, 0) is 51.1 Å². The van der Waals surface area contributed by atoms with Gasteiger partial charge in [0, 0.05) is 36.7 Å². The number of likely N-dealkylation sites (tertiary alicyclic amines) is 1. The molecule has 1 aromatic rings. The molecule has 1 aromatic heterocycles. The molecule has 104 valence electrons. The molecular formula is C16H24N2O. The summed E-state index contributed by atoms with van der Waals surface area (Å²) in [6.45, 7) is 8.53. The molecule has 0 radical (unpaired) electrons. The van der Waals surface area contributed by atoms with Crippen LogP contribution in [0, 0.1) is 11.8 Å². The molecule has 0 aromatic carbocycles. The first-order valence-corrected chi connectivity index (χ1v) is 7.71. The maximum absolute atomic E-state index is 5.67. The molecule has 19 heavy (non-hydrogen) atoms. The van der Waals surface area contributed by atoms with Gasteiger partial charge in [0.15, 0.2) is 0 Å². The maximum Gasteiger partial charge on any atom is 0.108 e. The largest absolute Gasteiger partial charge is 0.469 e. The summed E-state index contributed by atoms with van der Waals surface area (Å²) in [5, 5.41) is 3.57. The van der Waals surface area contributed by atoms with Gasteiger partial charge in [-0.25, -0.2) is 0 Å². The minimum atomic E-state index is 0.310. The molecule has 0 spiro atoms. The van der Waals surface area contributed by atoms with E-state index in [1.165, 1.54) is 43.8 Å². The molecular weight excluding hydrogens is 236 g/mol. The molecule has 3 heteroatoms. The van der Waals surface area contributed by atoms with E-state index in [1.807, 2.05) is 6.26 Å². The van der Waals surface area contributed by atoms with E-state index in [1.54, 1.807) is 0 Å². The van der Waals surface area contributed by atoms with Crippen molar-refractivity contribution in [3.63, 3.8) is 0 Å². The fourth-order valence-electron chi connectivity index (χ4n) is 4.77. The van der Waals surface area contributed by atoms with E-state index in [0.717, 1.165) is 18.3 Å². The molecule has 0 bridgehead atoms. The van der Waals surface area contributed by atoms with Gasteiger partial charge in [-0.15, -0.1) is 0 Å². The van der Waals surface area contributed by atoms with Crippen LogP contribution < -0.4 is 5.32 Å². The second-order valence-electron chi connectivity index (χ2n) is 7.04. The van der Waals surface area contributed by atoms with Crippen molar-refractivity contribution in [1.82, 2.24) is 10.2 Å². The molecule has 3 atom stereocenters. The molecule has 3 aliphatic rings. The van der Waals surface area contributed by atoms with Crippen molar-refractivity contribution in [3.05, 3.63) is 23.7 Å². The Labute approximate surface area is 115 Å². The van der Waals surface area contributed by atoms with Gasteiger partial charge >= 0.3 is 0 Å². The Morgan fingerprint density at radius 2 is 2.26 bits per heavy atom. The number of nitrogens with zero attached hydrogens (tertiary/aromatic N) is 1. The van der Waals surface area contributed by atoms with Crippen LogP contribution in [0.15, 0.2) is 16.7 Å². The van der Waals surface area contributed by atoms with E-state index in [2.05, 4.69) is 30.1 Å². The monoisotopic (exact) mass is 260 g/mol. The lowest BCUT2D eigenvalue weighted by Gasteiger charge is -2.42. The first-order valence-electron chi connectivity index (χ1n) is 7.71. The summed E-state index contributed by atoms with van der Waals surface area (Å²) in [6, 6.07) is 2.80. The third-order valence-electron chi connectivity index (χ3n) is 5.82.